The highest BCUT2D eigenvalue weighted by Gasteiger charge is 2.19. The Morgan fingerprint density at radius 3 is 2.61 bits per heavy atom. The van der Waals surface area contributed by atoms with Crippen molar-refractivity contribution < 1.29 is 9.47 Å². The Hall–Kier alpha value is -3.55. The van der Waals surface area contributed by atoms with Crippen molar-refractivity contribution in [1.29, 1.82) is 0 Å². The minimum Gasteiger partial charge on any atom is -0.486 e. The Morgan fingerprint density at radius 1 is 0.968 bits per heavy atom. The number of fused-ring (bicyclic) bond motifs is 2. The van der Waals surface area contributed by atoms with Crippen LogP contribution in [-0.2, 0) is 0 Å². The van der Waals surface area contributed by atoms with E-state index in [0.29, 0.717) is 36.6 Å². The molecule has 31 heavy (non-hydrogen) atoms. The zero-order chi connectivity index (χ0) is 20.8. The fourth-order valence-corrected chi connectivity index (χ4v) is 4.53. The molecule has 2 aliphatic rings. The topological polar surface area (TPSA) is 104 Å². The predicted molar refractivity (Wildman–Crippen MR) is 118 cm³/mol. The van der Waals surface area contributed by atoms with Crippen LogP contribution < -0.4 is 15.2 Å². The fraction of sp³-hybridized carbons (Fsp3) is 0.348. The Labute approximate surface area is 179 Å². The molecule has 4 heterocycles. The van der Waals surface area contributed by atoms with Crippen LogP contribution in [0.1, 0.15) is 38.1 Å². The first kappa shape index (κ1) is 18.2. The highest BCUT2D eigenvalue weighted by Crippen LogP contribution is 2.36. The lowest BCUT2D eigenvalue weighted by molar-refractivity contribution is 0.172. The van der Waals surface area contributed by atoms with Crippen LogP contribution in [0.2, 0.25) is 0 Å². The Bertz CT molecular complexity index is 1210. The molecule has 8 heteroatoms. The number of nitrogens with zero attached hydrogens (tertiary/aromatic N) is 4. The summed E-state index contributed by atoms with van der Waals surface area (Å²) in [7, 11) is 0. The molecule has 0 amide bonds. The molecule has 0 bridgehead atoms. The number of hydrogen-bond acceptors (Lipinski definition) is 6. The largest absolute Gasteiger partial charge is 0.486 e. The normalized spacial score (nSPS) is 16.6. The lowest BCUT2D eigenvalue weighted by Gasteiger charge is -2.21. The smallest absolute Gasteiger partial charge is 0.163 e. The summed E-state index contributed by atoms with van der Waals surface area (Å²) in [6.07, 6.45) is 12.1. The lowest BCUT2D eigenvalue weighted by atomic mass is 9.96. The summed E-state index contributed by atoms with van der Waals surface area (Å²) in [4.78, 5) is 12.5. The molecule has 4 aromatic rings. The maximum atomic E-state index is 6.22. The third-order valence-electron chi connectivity index (χ3n) is 6.20. The number of hydrogen-bond donors (Lipinski definition) is 2. The second-order valence-corrected chi connectivity index (χ2v) is 8.26. The maximum absolute atomic E-state index is 6.22. The van der Waals surface area contributed by atoms with Gasteiger partial charge in [-0.2, -0.15) is 5.10 Å². The van der Waals surface area contributed by atoms with Crippen molar-refractivity contribution in [3.63, 3.8) is 0 Å². The summed E-state index contributed by atoms with van der Waals surface area (Å²) in [5, 5.41) is 4.63. The van der Waals surface area contributed by atoms with E-state index in [1.54, 1.807) is 6.20 Å². The maximum Gasteiger partial charge on any atom is 0.163 e. The van der Waals surface area contributed by atoms with Gasteiger partial charge in [-0.3, -0.25) is 4.68 Å². The van der Waals surface area contributed by atoms with Gasteiger partial charge in [0.2, 0.25) is 0 Å². The van der Waals surface area contributed by atoms with E-state index in [4.69, 9.17) is 20.2 Å². The van der Waals surface area contributed by atoms with E-state index in [-0.39, 0.29) is 0 Å². The molecule has 6 rings (SSSR count). The van der Waals surface area contributed by atoms with Crippen molar-refractivity contribution in [2.45, 2.75) is 38.1 Å². The molecule has 0 spiro atoms. The standard InChI is InChI=1S/C23H24N6O2/c24-22-17(23-27-18-9-20-21(10-19(18)28-23)31-7-6-30-20)8-14(11-25-22)15-12-26-29(13-15)16-4-2-1-3-5-16/h8-13,16H,1-7H2,(H2,24,25)(H,27,28). The van der Waals surface area contributed by atoms with Gasteiger partial charge in [0.1, 0.15) is 24.9 Å². The number of nitrogens with one attached hydrogen (secondary N) is 1. The van der Waals surface area contributed by atoms with Gasteiger partial charge in [-0.25, -0.2) is 9.97 Å². The predicted octanol–water partition coefficient (Wildman–Crippen LogP) is 4.35. The van der Waals surface area contributed by atoms with Crippen LogP contribution >= 0.6 is 0 Å². The van der Waals surface area contributed by atoms with Crippen LogP contribution in [0, 0.1) is 0 Å². The van der Waals surface area contributed by atoms with Crippen LogP contribution in [0.3, 0.4) is 0 Å². The van der Waals surface area contributed by atoms with Gasteiger partial charge in [0.15, 0.2) is 11.5 Å². The molecule has 3 aromatic heterocycles. The van der Waals surface area contributed by atoms with Gasteiger partial charge in [-0.1, -0.05) is 19.3 Å². The summed E-state index contributed by atoms with van der Waals surface area (Å²) < 4.78 is 13.5. The van der Waals surface area contributed by atoms with Crippen molar-refractivity contribution in [3.8, 4) is 34.0 Å². The van der Waals surface area contributed by atoms with E-state index in [2.05, 4.69) is 25.9 Å². The van der Waals surface area contributed by atoms with Gasteiger partial charge in [0, 0.05) is 35.7 Å². The molecule has 1 aliphatic carbocycles. The number of pyridine rings is 1. The number of aromatic amines is 1. The minimum atomic E-state index is 0.430. The van der Waals surface area contributed by atoms with Gasteiger partial charge in [-0.15, -0.1) is 0 Å². The zero-order valence-corrected chi connectivity index (χ0v) is 17.2. The average Bonchev–Trinajstić information content (AvgIpc) is 3.46. The number of ether oxygens (including phenoxy) is 2. The van der Waals surface area contributed by atoms with Crippen molar-refractivity contribution >= 4 is 16.9 Å². The first-order valence-electron chi connectivity index (χ1n) is 10.8. The number of benzene rings is 1. The molecule has 0 unspecified atom stereocenters. The second kappa shape index (κ2) is 7.30. The van der Waals surface area contributed by atoms with Gasteiger partial charge >= 0.3 is 0 Å². The van der Waals surface area contributed by atoms with Crippen LogP contribution in [0.4, 0.5) is 5.82 Å². The molecule has 1 aromatic carbocycles. The molecule has 0 saturated heterocycles. The van der Waals surface area contributed by atoms with Gasteiger partial charge < -0.3 is 20.2 Å². The molecule has 1 aliphatic heterocycles. The van der Waals surface area contributed by atoms with Crippen LogP contribution in [-0.4, -0.2) is 37.9 Å². The Kier molecular flexibility index (Phi) is 4.29. The van der Waals surface area contributed by atoms with Crippen molar-refractivity contribution in [2.24, 2.45) is 0 Å². The Morgan fingerprint density at radius 2 is 1.77 bits per heavy atom. The zero-order valence-electron chi connectivity index (χ0n) is 17.2. The molecule has 3 N–H and O–H groups in total. The molecule has 8 nitrogen and oxygen atoms in total. The van der Waals surface area contributed by atoms with Crippen LogP contribution in [0.15, 0.2) is 36.8 Å². The molecule has 1 fully saturated rings. The number of H-pyrrole nitrogens is 1. The Balaban J connectivity index is 1.36. The summed E-state index contributed by atoms with van der Waals surface area (Å²) >= 11 is 0. The van der Waals surface area contributed by atoms with Gasteiger partial charge in [0.25, 0.3) is 0 Å². The minimum absolute atomic E-state index is 0.430. The SMILES string of the molecule is Nc1ncc(-c2cnn(C3CCCCC3)c2)cc1-c1nc2cc3c(cc2[nH]1)OCCO3. The van der Waals surface area contributed by atoms with E-state index in [0.717, 1.165) is 33.5 Å². The number of nitrogens with two attached hydrogens (primary N) is 1. The van der Waals surface area contributed by atoms with Crippen molar-refractivity contribution in [3.05, 3.63) is 36.8 Å². The summed E-state index contributed by atoms with van der Waals surface area (Å²) in [6.45, 7) is 1.09. The molecule has 0 atom stereocenters. The van der Waals surface area contributed by atoms with Gasteiger partial charge in [0.05, 0.1) is 28.8 Å². The molecule has 1 saturated carbocycles. The van der Waals surface area contributed by atoms with Crippen LogP contribution in [0.5, 0.6) is 11.5 Å². The summed E-state index contributed by atoms with van der Waals surface area (Å²) in [6, 6.07) is 6.33. The molecular formula is C23H24N6O2. The van der Waals surface area contributed by atoms with Gasteiger partial charge in [-0.05, 0) is 18.9 Å². The highest BCUT2D eigenvalue weighted by molar-refractivity contribution is 5.85. The van der Waals surface area contributed by atoms with E-state index >= 15 is 0 Å². The van der Waals surface area contributed by atoms with E-state index in [9.17, 15) is 0 Å². The quantitative estimate of drug-likeness (QED) is 0.515. The second-order valence-electron chi connectivity index (χ2n) is 8.26. The number of aromatic nitrogens is 5. The lowest BCUT2D eigenvalue weighted by Crippen LogP contribution is -2.15. The highest BCUT2D eigenvalue weighted by atomic mass is 16.6. The van der Waals surface area contributed by atoms with Crippen molar-refractivity contribution in [1.82, 2.24) is 24.7 Å². The van der Waals surface area contributed by atoms with Crippen molar-refractivity contribution in [2.75, 3.05) is 18.9 Å². The summed E-state index contributed by atoms with van der Waals surface area (Å²) in [5.41, 5.74) is 10.7. The first-order chi connectivity index (χ1) is 15.2. The fourth-order valence-electron chi connectivity index (χ4n) is 4.53. The monoisotopic (exact) mass is 416 g/mol. The van der Waals surface area contributed by atoms with E-state index < -0.39 is 0 Å². The molecule has 158 valence electrons. The van der Waals surface area contributed by atoms with E-state index in [1.165, 1.54) is 32.1 Å². The number of nitrogen functional groups attached to an aromatic ring is 1. The third-order valence-corrected chi connectivity index (χ3v) is 6.20. The number of imidazole rings is 1. The average molecular weight is 416 g/mol. The first-order valence-corrected chi connectivity index (χ1v) is 10.8. The number of rotatable bonds is 3. The molecule has 0 radical (unpaired) electrons. The molecular weight excluding hydrogens is 392 g/mol. The van der Waals surface area contributed by atoms with E-state index in [1.807, 2.05) is 24.4 Å². The van der Waals surface area contributed by atoms with Crippen LogP contribution in [0.25, 0.3) is 33.5 Å². The number of anilines is 1. The third kappa shape index (κ3) is 3.28. The summed E-state index contributed by atoms with van der Waals surface area (Å²) in [5.74, 6) is 2.54.